The van der Waals surface area contributed by atoms with Gasteiger partial charge in [0.25, 0.3) is 5.56 Å². The Balaban J connectivity index is 0.00000144. The SMILES string of the molecule is Cc1csc2c(=O)n(C[B-](F)(F)F)cnc12.[K+]. The first-order chi connectivity index (χ1) is 7.38. The number of thiophene rings is 1. The van der Waals surface area contributed by atoms with Gasteiger partial charge < -0.3 is 17.5 Å². The largest absolute Gasteiger partial charge is 1.00 e. The van der Waals surface area contributed by atoms with E-state index in [1.54, 1.807) is 12.3 Å². The van der Waals surface area contributed by atoms with Gasteiger partial charge in [0.1, 0.15) is 4.70 Å². The van der Waals surface area contributed by atoms with Crippen LogP contribution in [0.3, 0.4) is 0 Å². The summed E-state index contributed by atoms with van der Waals surface area (Å²) in [6, 6.07) is 0. The monoisotopic (exact) mass is 286 g/mol. The molecule has 17 heavy (non-hydrogen) atoms. The van der Waals surface area contributed by atoms with Gasteiger partial charge in [0.2, 0.25) is 0 Å². The quantitative estimate of drug-likeness (QED) is 0.675. The first-order valence-electron chi connectivity index (χ1n) is 4.53. The first kappa shape index (κ1) is 15.4. The summed E-state index contributed by atoms with van der Waals surface area (Å²) in [5.74, 6) is 0. The molecule has 2 rings (SSSR count). The summed E-state index contributed by atoms with van der Waals surface area (Å²) in [6.45, 7) is -3.26. The molecule has 0 saturated heterocycles. The molecule has 0 amide bonds. The van der Waals surface area contributed by atoms with Gasteiger partial charge >= 0.3 is 58.4 Å². The van der Waals surface area contributed by atoms with E-state index in [1.807, 2.05) is 0 Å². The van der Waals surface area contributed by atoms with Crippen LogP contribution in [0.25, 0.3) is 10.2 Å². The molecule has 0 atom stereocenters. The minimum absolute atomic E-state index is 0. The van der Waals surface area contributed by atoms with Crippen LogP contribution in [0, 0.1) is 6.92 Å². The second-order valence-corrected chi connectivity index (χ2v) is 4.39. The van der Waals surface area contributed by atoms with Crippen molar-refractivity contribution in [2.45, 2.75) is 13.4 Å². The maximum absolute atomic E-state index is 12.2. The molecule has 0 saturated carbocycles. The Morgan fingerprint density at radius 2 is 2.12 bits per heavy atom. The maximum atomic E-state index is 12.2. The Morgan fingerprint density at radius 1 is 1.47 bits per heavy atom. The molecule has 0 aromatic carbocycles. The van der Waals surface area contributed by atoms with Crippen LogP contribution in [0.1, 0.15) is 5.56 Å². The minimum atomic E-state index is -5.03. The van der Waals surface area contributed by atoms with E-state index >= 15 is 0 Å². The standard InChI is InChI=1S/C8H7BF3N2OS.K/c1-5-2-16-7-6(5)13-4-14(8(7)15)3-9(10,11)12;/h2,4H,3H2,1H3;/q-1;+1. The molecule has 0 spiro atoms. The summed E-state index contributed by atoms with van der Waals surface area (Å²) in [4.78, 5) is 15.5. The van der Waals surface area contributed by atoms with Crippen molar-refractivity contribution >= 4 is 28.5 Å². The smallest absolute Gasteiger partial charge is 0.448 e. The van der Waals surface area contributed by atoms with Gasteiger partial charge in [0, 0.05) is 0 Å². The van der Waals surface area contributed by atoms with E-state index in [4.69, 9.17) is 0 Å². The molecule has 0 aliphatic rings. The third-order valence-corrected chi connectivity index (χ3v) is 3.20. The summed E-state index contributed by atoms with van der Waals surface area (Å²) >= 11 is 1.12. The van der Waals surface area contributed by atoms with E-state index in [2.05, 4.69) is 4.98 Å². The average Bonchev–Trinajstić information content (AvgIpc) is 2.52. The van der Waals surface area contributed by atoms with Gasteiger partial charge in [-0.05, 0) is 24.3 Å². The maximum Gasteiger partial charge on any atom is 1.00 e. The molecule has 2 heterocycles. The molecule has 0 radical (unpaired) electrons. The van der Waals surface area contributed by atoms with Crippen molar-refractivity contribution < 1.29 is 64.3 Å². The summed E-state index contributed by atoms with van der Waals surface area (Å²) in [6.07, 6.45) is -0.279. The van der Waals surface area contributed by atoms with Crippen LogP contribution >= 0.6 is 11.3 Å². The number of halogens is 3. The molecule has 0 fully saturated rings. The molecular weight excluding hydrogens is 279 g/mol. The van der Waals surface area contributed by atoms with Crippen LogP contribution < -0.4 is 56.9 Å². The van der Waals surface area contributed by atoms with Gasteiger partial charge in [-0.15, -0.1) is 11.3 Å². The van der Waals surface area contributed by atoms with Crippen LogP contribution in [0.2, 0.25) is 0 Å². The third-order valence-electron chi connectivity index (χ3n) is 2.13. The molecule has 2 aromatic heterocycles. The number of rotatable bonds is 2. The van der Waals surface area contributed by atoms with Crippen molar-refractivity contribution in [3.05, 3.63) is 27.6 Å². The number of aryl methyl sites for hydroxylation is 1. The van der Waals surface area contributed by atoms with Crippen molar-refractivity contribution in [3.63, 3.8) is 0 Å². The molecule has 0 bridgehead atoms. The minimum Gasteiger partial charge on any atom is -0.448 e. The predicted molar refractivity (Wildman–Crippen MR) is 57.7 cm³/mol. The van der Waals surface area contributed by atoms with Crippen molar-refractivity contribution in [2.75, 3.05) is 0 Å². The van der Waals surface area contributed by atoms with E-state index in [1.165, 1.54) is 0 Å². The Morgan fingerprint density at radius 3 is 2.71 bits per heavy atom. The summed E-state index contributed by atoms with van der Waals surface area (Å²) in [5.41, 5.74) is 0.671. The zero-order chi connectivity index (χ0) is 11.9. The van der Waals surface area contributed by atoms with Crippen LogP contribution in [0.5, 0.6) is 0 Å². The van der Waals surface area contributed by atoms with Crippen LogP contribution in [0.4, 0.5) is 12.9 Å². The predicted octanol–water partition coefficient (Wildman–Crippen LogP) is -0.843. The van der Waals surface area contributed by atoms with Gasteiger partial charge in [-0.25, -0.2) is 4.98 Å². The Labute approximate surface area is 142 Å². The van der Waals surface area contributed by atoms with E-state index in [0.29, 0.717) is 10.1 Å². The van der Waals surface area contributed by atoms with Crippen molar-refractivity contribution in [1.82, 2.24) is 9.55 Å². The third kappa shape index (κ3) is 3.42. The van der Waals surface area contributed by atoms with Crippen molar-refractivity contribution in [3.8, 4) is 0 Å². The molecular formula is C8H7BF3KN2OS. The Bertz CT molecular complexity index is 594. The van der Waals surface area contributed by atoms with Crippen LogP contribution in [-0.2, 0) is 6.44 Å². The number of hydrogen-bond donors (Lipinski definition) is 0. The van der Waals surface area contributed by atoms with E-state index in [-0.39, 0.29) is 56.1 Å². The van der Waals surface area contributed by atoms with Crippen molar-refractivity contribution in [1.29, 1.82) is 0 Å². The number of fused-ring (bicyclic) bond motifs is 1. The molecule has 86 valence electrons. The number of aromatic nitrogens is 2. The Hall–Kier alpha value is 0.331. The molecule has 0 unspecified atom stereocenters. The van der Waals surface area contributed by atoms with Crippen LogP contribution in [0.15, 0.2) is 16.5 Å². The van der Waals surface area contributed by atoms with Gasteiger partial charge in [0.05, 0.1) is 11.8 Å². The number of hydrogen-bond acceptors (Lipinski definition) is 3. The molecule has 0 aliphatic carbocycles. The fourth-order valence-corrected chi connectivity index (χ4v) is 2.36. The summed E-state index contributed by atoms with van der Waals surface area (Å²) < 4.78 is 37.5. The normalized spacial score (nSPS) is 11.5. The zero-order valence-corrected chi connectivity index (χ0v) is 13.2. The van der Waals surface area contributed by atoms with E-state index < -0.39 is 19.0 Å². The second-order valence-electron chi connectivity index (χ2n) is 3.51. The van der Waals surface area contributed by atoms with Gasteiger partial charge in [-0.3, -0.25) is 4.79 Å². The Kier molecular flexibility index (Phi) is 5.01. The van der Waals surface area contributed by atoms with E-state index in [9.17, 15) is 17.7 Å². The van der Waals surface area contributed by atoms with Crippen molar-refractivity contribution in [2.24, 2.45) is 0 Å². The van der Waals surface area contributed by atoms with E-state index in [0.717, 1.165) is 23.2 Å². The fraction of sp³-hybridized carbons (Fsp3) is 0.250. The average molecular weight is 286 g/mol. The summed E-state index contributed by atoms with van der Waals surface area (Å²) in [5, 5.41) is 1.71. The second kappa shape index (κ2) is 5.54. The summed E-state index contributed by atoms with van der Waals surface area (Å²) in [7, 11) is 0. The number of nitrogens with zero attached hydrogens (tertiary/aromatic N) is 2. The zero-order valence-electron chi connectivity index (χ0n) is 9.28. The molecule has 0 aliphatic heterocycles. The van der Waals surface area contributed by atoms with Gasteiger partial charge in [0.15, 0.2) is 0 Å². The topological polar surface area (TPSA) is 34.9 Å². The molecule has 9 heteroatoms. The molecule has 3 nitrogen and oxygen atoms in total. The van der Waals surface area contributed by atoms with Gasteiger partial charge in [-0.1, -0.05) is 0 Å². The fourth-order valence-electron chi connectivity index (χ4n) is 1.41. The van der Waals surface area contributed by atoms with Crippen LogP contribution in [-0.4, -0.2) is 16.5 Å². The molecule has 2 aromatic rings. The van der Waals surface area contributed by atoms with Gasteiger partial charge in [-0.2, -0.15) is 0 Å². The molecule has 0 N–H and O–H groups in total. The first-order valence-corrected chi connectivity index (χ1v) is 5.41.